The number of rotatable bonds is 1. The fourth-order valence-electron chi connectivity index (χ4n) is 1.11. The number of halogens is 1. The van der Waals surface area contributed by atoms with E-state index in [0.29, 0.717) is 0 Å². The zero-order valence-corrected chi connectivity index (χ0v) is 8.04. The Kier molecular flexibility index (Phi) is 2.48. The summed E-state index contributed by atoms with van der Waals surface area (Å²) in [5.41, 5.74) is 0. The summed E-state index contributed by atoms with van der Waals surface area (Å²) in [5.74, 6) is 0.717. The molecule has 0 amide bonds. The van der Waals surface area contributed by atoms with Crippen LogP contribution in [0.2, 0.25) is 0 Å². The lowest BCUT2D eigenvalue weighted by Gasteiger charge is -2.21. The van der Waals surface area contributed by atoms with Gasteiger partial charge in [0.05, 0.1) is 23.9 Å². The van der Waals surface area contributed by atoms with Gasteiger partial charge < -0.3 is 13.9 Å². The Bertz CT molecular complexity index is 253. The lowest BCUT2D eigenvalue weighted by atomic mass is 10.4. The van der Waals surface area contributed by atoms with Gasteiger partial charge in [0, 0.05) is 0 Å². The van der Waals surface area contributed by atoms with Gasteiger partial charge in [0.2, 0.25) is 6.29 Å². The van der Waals surface area contributed by atoms with Crippen LogP contribution in [0.5, 0.6) is 0 Å². The van der Waals surface area contributed by atoms with Crippen molar-refractivity contribution < 1.29 is 13.9 Å². The van der Waals surface area contributed by atoms with E-state index in [1.54, 1.807) is 6.26 Å². The van der Waals surface area contributed by atoms with Gasteiger partial charge in [0.25, 0.3) is 0 Å². The number of ether oxygens (including phenoxy) is 2. The minimum absolute atomic E-state index is 0.330. The van der Waals surface area contributed by atoms with Crippen LogP contribution in [-0.4, -0.2) is 13.2 Å². The van der Waals surface area contributed by atoms with Crippen molar-refractivity contribution in [3.8, 4) is 0 Å². The van der Waals surface area contributed by atoms with Crippen LogP contribution in [0.25, 0.3) is 0 Å². The normalized spacial score (nSPS) is 19.8. The van der Waals surface area contributed by atoms with Gasteiger partial charge in [0.15, 0.2) is 5.76 Å². The molecule has 0 atom stereocenters. The van der Waals surface area contributed by atoms with Crippen molar-refractivity contribution >= 4 is 15.9 Å². The highest BCUT2D eigenvalue weighted by Gasteiger charge is 2.21. The fourth-order valence-corrected chi connectivity index (χ4v) is 1.50. The average Bonchev–Trinajstić information content (AvgIpc) is 2.53. The van der Waals surface area contributed by atoms with E-state index in [9.17, 15) is 0 Å². The molecule has 66 valence electrons. The SMILES string of the molecule is Brc1ccoc1C1OCCCO1. The van der Waals surface area contributed by atoms with Crippen molar-refractivity contribution in [2.45, 2.75) is 12.7 Å². The van der Waals surface area contributed by atoms with Crippen LogP contribution in [0.4, 0.5) is 0 Å². The topological polar surface area (TPSA) is 31.6 Å². The van der Waals surface area contributed by atoms with E-state index in [1.165, 1.54) is 0 Å². The van der Waals surface area contributed by atoms with Gasteiger partial charge in [-0.1, -0.05) is 0 Å². The van der Waals surface area contributed by atoms with E-state index >= 15 is 0 Å². The smallest absolute Gasteiger partial charge is 0.218 e. The maximum atomic E-state index is 5.36. The monoisotopic (exact) mass is 232 g/mol. The van der Waals surface area contributed by atoms with Crippen molar-refractivity contribution in [3.05, 3.63) is 22.6 Å². The van der Waals surface area contributed by atoms with Crippen molar-refractivity contribution in [1.82, 2.24) is 0 Å². The quantitative estimate of drug-likeness (QED) is 0.746. The molecule has 0 unspecified atom stereocenters. The van der Waals surface area contributed by atoms with Crippen LogP contribution in [0.1, 0.15) is 18.5 Å². The molecule has 1 saturated heterocycles. The predicted octanol–water partition coefficient (Wildman–Crippen LogP) is 2.48. The molecule has 0 radical (unpaired) electrons. The Morgan fingerprint density at radius 3 is 2.67 bits per heavy atom. The van der Waals surface area contributed by atoms with E-state index in [2.05, 4.69) is 15.9 Å². The van der Waals surface area contributed by atoms with Crippen LogP contribution in [0.15, 0.2) is 21.2 Å². The summed E-state index contributed by atoms with van der Waals surface area (Å²) < 4.78 is 16.8. The molecule has 2 rings (SSSR count). The van der Waals surface area contributed by atoms with Crippen LogP contribution in [0.3, 0.4) is 0 Å². The number of hydrogen-bond acceptors (Lipinski definition) is 3. The molecular formula is C8H9BrO3. The molecule has 2 heterocycles. The zero-order chi connectivity index (χ0) is 8.39. The summed E-state index contributed by atoms with van der Waals surface area (Å²) in [4.78, 5) is 0. The van der Waals surface area contributed by atoms with Crippen molar-refractivity contribution in [3.63, 3.8) is 0 Å². The number of hydrogen-bond donors (Lipinski definition) is 0. The molecule has 0 aliphatic carbocycles. The Balaban J connectivity index is 2.13. The second-order valence-corrected chi connectivity index (χ2v) is 3.41. The maximum Gasteiger partial charge on any atom is 0.218 e. The summed E-state index contributed by atoms with van der Waals surface area (Å²) in [6.07, 6.45) is 2.23. The van der Waals surface area contributed by atoms with Gasteiger partial charge in [-0.25, -0.2) is 0 Å². The third kappa shape index (κ3) is 1.55. The van der Waals surface area contributed by atoms with Gasteiger partial charge in [-0.3, -0.25) is 0 Å². The highest BCUT2D eigenvalue weighted by atomic mass is 79.9. The van der Waals surface area contributed by atoms with Crippen molar-refractivity contribution in [2.24, 2.45) is 0 Å². The van der Waals surface area contributed by atoms with Gasteiger partial charge in [-0.05, 0) is 28.4 Å². The lowest BCUT2D eigenvalue weighted by molar-refractivity contribution is -0.192. The highest BCUT2D eigenvalue weighted by molar-refractivity contribution is 9.10. The summed E-state index contributed by atoms with van der Waals surface area (Å²) >= 11 is 3.35. The molecule has 3 nitrogen and oxygen atoms in total. The van der Waals surface area contributed by atoms with Crippen molar-refractivity contribution in [2.75, 3.05) is 13.2 Å². The van der Waals surface area contributed by atoms with E-state index in [-0.39, 0.29) is 6.29 Å². The zero-order valence-electron chi connectivity index (χ0n) is 6.46. The largest absolute Gasteiger partial charge is 0.463 e. The summed E-state index contributed by atoms with van der Waals surface area (Å²) in [6, 6.07) is 1.83. The molecule has 1 fully saturated rings. The van der Waals surface area contributed by atoms with E-state index < -0.39 is 0 Å². The second kappa shape index (κ2) is 3.60. The molecule has 0 bridgehead atoms. The number of furan rings is 1. The summed E-state index contributed by atoms with van der Waals surface area (Å²) in [5, 5.41) is 0. The van der Waals surface area contributed by atoms with Crippen LogP contribution in [-0.2, 0) is 9.47 Å². The minimum atomic E-state index is -0.330. The van der Waals surface area contributed by atoms with E-state index in [4.69, 9.17) is 13.9 Å². The Morgan fingerprint density at radius 2 is 2.08 bits per heavy atom. The first-order valence-corrected chi connectivity index (χ1v) is 4.63. The molecule has 12 heavy (non-hydrogen) atoms. The summed E-state index contributed by atoms with van der Waals surface area (Å²) in [6.45, 7) is 1.47. The fraction of sp³-hybridized carbons (Fsp3) is 0.500. The Labute approximate surface area is 78.8 Å². The minimum Gasteiger partial charge on any atom is -0.463 e. The molecule has 0 aromatic carbocycles. The second-order valence-electron chi connectivity index (χ2n) is 2.56. The third-order valence-corrected chi connectivity index (χ3v) is 2.34. The lowest BCUT2D eigenvalue weighted by Crippen LogP contribution is -2.17. The van der Waals surface area contributed by atoms with Gasteiger partial charge in [-0.15, -0.1) is 0 Å². The highest BCUT2D eigenvalue weighted by Crippen LogP contribution is 2.29. The first-order chi connectivity index (χ1) is 5.88. The van der Waals surface area contributed by atoms with Crippen LogP contribution < -0.4 is 0 Å². The molecule has 0 saturated carbocycles. The maximum absolute atomic E-state index is 5.36. The average molecular weight is 233 g/mol. The molecular weight excluding hydrogens is 224 g/mol. The van der Waals surface area contributed by atoms with Gasteiger partial charge in [0.1, 0.15) is 0 Å². The predicted molar refractivity (Wildman–Crippen MR) is 45.7 cm³/mol. The molecule has 1 aromatic heterocycles. The standard InChI is InChI=1S/C8H9BrO3/c9-6-2-5-10-7(6)8-11-3-1-4-12-8/h2,5,8H,1,3-4H2. The van der Waals surface area contributed by atoms with Crippen LogP contribution in [0, 0.1) is 0 Å². The van der Waals surface area contributed by atoms with Crippen LogP contribution >= 0.6 is 15.9 Å². The molecule has 1 aromatic rings. The van der Waals surface area contributed by atoms with E-state index in [1.807, 2.05) is 6.07 Å². The molecule has 0 spiro atoms. The van der Waals surface area contributed by atoms with E-state index in [0.717, 1.165) is 29.9 Å². The third-order valence-electron chi connectivity index (χ3n) is 1.69. The first-order valence-electron chi connectivity index (χ1n) is 3.84. The Morgan fingerprint density at radius 1 is 1.33 bits per heavy atom. The molecule has 4 heteroatoms. The molecule has 1 aliphatic heterocycles. The Hall–Kier alpha value is -0.320. The van der Waals surface area contributed by atoms with Gasteiger partial charge in [-0.2, -0.15) is 0 Å². The summed E-state index contributed by atoms with van der Waals surface area (Å²) in [7, 11) is 0. The van der Waals surface area contributed by atoms with Crippen molar-refractivity contribution in [1.29, 1.82) is 0 Å². The molecule has 1 aliphatic rings. The van der Waals surface area contributed by atoms with Gasteiger partial charge >= 0.3 is 0 Å². The molecule has 0 N–H and O–H groups in total. The first kappa shape index (κ1) is 8.29.